The third-order valence-electron chi connectivity index (χ3n) is 2.95. The minimum atomic E-state index is -1.26. The molecule has 0 aromatic carbocycles. The van der Waals surface area contributed by atoms with E-state index >= 15 is 0 Å². The number of aliphatic carboxylic acids is 2. The van der Waals surface area contributed by atoms with Crippen molar-refractivity contribution in [2.45, 2.75) is 25.8 Å². The van der Waals surface area contributed by atoms with Gasteiger partial charge in [0.25, 0.3) is 0 Å². The molecule has 0 spiro atoms. The molecule has 0 saturated heterocycles. The van der Waals surface area contributed by atoms with Gasteiger partial charge in [0.2, 0.25) is 5.90 Å². The maximum atomic E-state index is 9.55. The Labute approximate surface area is 129 Å². The highest BCUT2D eigenvalue weighted by Crippen LogP contribution is 2.22. The van der Waals surface area contributed by atoms with Gasteiger partial charge in [0, 0.05) is 30.8 Å². The molecule has 0 amide bonds. The summed E-state index contributed by atoms with van der Waals surface area (Å²) in [6.07, 6.45) is 4.47. The molecule has 22 heavy (non-hydrogen) atoms. The topological polar surface area (TPSA) is 99.4 Å². The monoisotopic (exact) mass is 310 g/mol. The van der Waals surface area contributed by atoms with Gasteiger partial charge in [0.1, 0.15) is 6.61 Å². The fourth-order valence-electron chi connectivity index (χ4n) is 1.94. The van der Waals surface area contributed by atoms with Gasteiger partial charge in [0.05, 0.1) is 5.54 Å². The molecule has 7 heteroatoms. The molecule has 122 valence electrons. The maximum Gasteiger partial charge on any atom is 0.328 e. The van der Waals surface area contributed by atoms with E-state index in [-0.39, 0.29) is 5.54 Å². The fraction of sp³-hybridized carbons (Fsp3) is 0.533. The lowest BCUT2D eigenvalue weighted by atomic mass is 10.1. The van der Waals surface area contributed by atoms with E-state index in [1.807, 2.05) is 0 Å². The number of carboxylic acid groups (broad SMARTS) is 2. The van der Waals surface area contributed by atoms with Gasteiger partial charge in [-0.25, -0.2) is 14.6 Å². The van der Waals surface area contributed by atoms with Gasteiger partial charge in [-0.2, -0.15) is 0 Å². The molecular weight excluding hydrogens is 288 g/mol. The second-order valence-electron chi connectivity index (χ2n) is 5.78. The van der Waals surface area contributed by atoms with Crippen molar-refractivity contribution in [2.24, 2.45) is 4.99 Å². The average molecular weight is 310 g/mol. The quantitative estimate of drug-likeness (QED) is 0.759. The van der Waals surface area contributed by atoms with Crippen LogP contribution in [-0.2, 0) is 14.3 Å². The van der Waals surface area contributed by atoms with Crippen molar-refractivity contribution < 1.29 is 24.5 Å². The van der Waals surface area contributed by atoms with Crippen LogP contribution in [0.25, 0.3) is 0 Å². The second-order valence-corrected chi connectivity index (χ2v) is 5.78. The smallest absolute Gasteiger partial charge is 0.328 e. The number of hydrogen-bond donors (Lipinski definition) is 2. The Bertz CT molecular complexity index is 504. The number of rotatable bonds is 3. The van der Waals surface area contributed by atoms with E-state index in [1.165, 1.54) is 5.57 Å². The maximum absolute atomic E-state index is 9.55. The fourth-order valence-corrected chi connectivity index (χ4v) is 1.94. The molecule has 7 nitrogen and oxygen atoms in total. The number of aliphatic imine (C=N–C) groups is 1. The molecule has 0 fully saturated rings. The number of likely N-dealkylation sites (N-methyl/N-ethyl adjacent to an activating group) is 1. The van der Waals surface area contributed by atoms with E-state index in [4.69, 9.17) is 14.9 Å². The first-order valence-electron chi connectivity index (χ1n) is 6.94. The number of carbonyl (C=O) groups is 2. The molecule has 2 aliphatic rings. The SMILES string of the molecule is CN1CCC=C(C2=NC(C)(C)CO2)C1.O=C(O)/C=C/C(=O)O. The van der Waals surface area contributed by atoms with Crippen LogP contribution in [0.15, 0.2) is 28.8 Å². The third-order valence-corrected chi connectivity index (χ3v) is 2.95. The van der Waals surface area contributed by atoms with Crippen LogP contribution in [0.4, 0.5) is 0 Å². The van der Waals surface area contributed by atoms with Crippen molar-refractivity contribution >= 4 is 17.8 Å². The van der Waals surface area contributed by atoms with E-state index in [1.54, 1.807) is 0 Å². The van der Waals surface area contributed by atoms with E-state index < -0.39 is 11.9 Å². The lowest BCUT2D eigenvalue weighted by Crippen LogP contribution is -2.28. The van der Waals surface area contributed by atoms with Crippen LogP contribution in [-0.4, -0.2) is 65.2 Å². The third kappa shape index (κ3) is 6.53. The molecule has 0 aromatic rings. The van der Waals surface area contributed by atoms with Crippen LogP contribution in [0.3, 0.4) is 0 Å². The van der Waals surface area contributed by atoms with E-state index in [0.717, 1.165) is 25.4 Å². The van der Waals surface area contributed by atoms with Crippen LogP contribution >= 0.6 is 0 Å². The zero-order valence-electron chi connectivity index (χ0n) is 13.1. The molecule has 0 unspecified atom stereocenters. The summed E-state index contributed by atoms with van der Waals surface area (Å²) in [5.41, 5.74) is 1.22. The van der Waals surface area contributed by atoms with Crippen LogP contribution < -0.4 is 0 Å². The summed E-state index contributed by atoms with van der Waals surface area (Å²) in [4.78, 5) is 26.0. The highest BCUT2D eigenvalue weighted by molar-refractivity contribution is 5.95. The number of nitrogens with zero attached hydrogens (tertiary/aromatic N) is 2. The lowest BCUT2D eigenvalue weighted by Gasteiger charge is -2.22. The van der Waals surface area contributed by atoms with Gasteiger partial charge >= 0.3 is 11.9 Å². The summed E-state index contributed by atoms with van der Waals surface area (Å²) < 4.78 is 5.61. The van der Waals surface area contributed by atoms with Crippen molar-refractivity contribution in [3.05, 3.63) is 23.8 Å². The van der Waals surface area contributed by atoms with Crippen molar-refractivity contribution in [3.63, 3.8) is 0 Å². The molecule has 0 aliphatic carbocycles. The standard InChI is InChI=1S/C11H18N2O.C4H4O4/c1-11(2)8-14-10(12-11)9-5-4-6-13(3)7-9;5-3(6)1-2-4(7)8/h5H,4,6-8H2,1-3H3;1-2H,(H,5,6)(H,7,8)/b;2-1+. The van der Waals surface area contributed by atoms with E-state index in [9.17, 15) is 9.59 Å². The Balaban J connectivity index is 0.000000261. The van der Waals surface area contributed by atoms with Crippen molar-refractivity contribution in [2.75, 3.05) is 26.7 Å². The lowest BCUT2D eigenvalue weighted by molar-refractivity contribution is -0.134. The zero-order chi connectivity index (χ0) is 16.8. The van der Waals surface area contributed by atoms with Gasteiger partial charge in [-0.3, -0.25) is 0 Å². The highest BCUT2D eigenvalue weighted by Gasteiger charge is 2.28. The van der Waals surface area contributed by atoms with E-state index in [0.29, 0.717) is 18.8 Å². The summed E-state index contributed by atoms with van der Waals surface area (Å²) in [5.74, 6) is -1.65. The van der Waals surface area contributed by atoms with Gasteiger partial charge in [-0.05, 0) is 27.3 Å². The summed E-state index contributed by atoms with van der Waals surface area (Å²) >= 11 is 0. The number of carboxylic acids is 2. The first-order chi connectivity index (χ1) is 10.2. The predicted molar refractivity (Wildman–Crippen MR) is 82.1 cm³/mol. The molecule has 0 aromatic heterocycles. The molecule has 0 atom stereocenters. The number of ether oxygens (including phenoxy) is 1. The summed E-state index contributed by atoms with van der Waals surface area (Å²) in [6, 6.07) is 0. The molecule has 2 N–H and O–H groups in total. The second kappa shape index (κ2) is 7.74. The summed E-state index contributed by atoms with van der Waals surface area (Å²) in [6.45, 7) is 7.03. The van der Waals surface area contributed by atoms with Gasteiger partial charge in [0.15, 0.2) is 0 Å². The van der Waals surface area contributed by atoms with Crippen LogP contribution in [0, 0.1) is 0 Å². The Morgan fingerprint density at radius 3 is 2.32 bits per heavy atom. The van der Waals surface area contributed by atoms with Crippen molar-refractivity contribution in [1.82, 2.24) is 4.90 Å². The van der Waals surface area contributed by atoms with Crippen LogP contribution in [0.1, 0.15) is 20.3 Å². The summed E-state index contributed by atoms with van der Waals surface area (Å²) in [5, 5.41) is 15.6. The average Bonchev–Trinajstić information content (AvgIpc) is 2.78. The van der Waals surface area contributed by atoms with Gasteiger partial charge in [-0.15, -0.1) is 0 Å². The largest absolute Gasteiger partial charge is 0.478 e. The first-order valence-corrected chi connectivity index (χ1v) is 6.94. The molecule has 2 rings (SSSR count). The Morgan fingerprint density at radius 1 is 1.32 bits per heavy atom. The minimum absolute atomic E-state index is 0.0355. The molecule has 2 heterocycles. The normalized spacial score (nSPS) is 20.5. The Kier molecular flexibility index (Phi) is 6.30. The molecule has 2 aliphatic heterocycles. The summed E-state index contributed by atoms with van der Waals surface area (Å²) in [7, 11) is 2.13. The Hall–Kier alpha value is -2.15. The molecular formula is C15H22N2O5. The zero-order valence-corrected chi connectivity index (χ0v) is 13.1. The predicted octanol–water partition coefficient (Wildman–Crippen LogP) is 1.17. The van der Waals surface area contributed by atoms with Gasteiger partial charge in [-0.1, -0.05) is 6.08 Å². The van der Waals surface area contributed by atoms with Crippen LogP contribution in [0.5, 0.6) is 0 Å². The molecule has 0 radical (unpaired) electrons. The molecule has 0 bridgehead atoms. The van der Waals surface area contributed by atoms with Crippen molar-refractivity contribution in [3.8, 4) is 0 Å². The minimum Gasteiger partial charge on any atom is -0.478 e. The first kappa shape index (κ1) is 17.9. The van der Waals surface area contributed by atoms with Gasteiger partial charge < -0.3 is 19.8 Å². The molecule has 0 saturated carbocycles. The van der Waals surface area contributed by atoms with E-state index in [2.05, 4.69) is 36.9 Å². The Morgan fingerprint density at radius 2 is 1.91 bits per heavy atom. The van der Waals surface area contributed by atoms with Crippen molar-refractivity contribution in [1.29, 1.82) is 0 Å². The highest BCUT2D eigenvalue weighted by atomic mass is 16.5. The van der Waals surface area contributed by atoms with Crippen LogP contribution in [0.2, 0.25) is 0 Å². The number of hydrogen-bond acceptors (Lipinski definition) is 5.